The number of carbonyl (C=O) groups is 1. The van der Waals surface area contributed by atoms with Crippen LogP contribution in [0.25, 0.3) is 0 Å². The van der Waals surface area contributed by atoms with E-state index in [9.17, 15) is 9.18 Å². The maximum atomic E-state index is 14.3. The molecular weight excluding hydrogens is 467 g/mol. The number of hydrogen-bond donors (Lipinski definition) is 2. The molecule has 0 unspecified atom stereocenters. The number of benzene rings is 2. The van der Waals surface area contributed by atoms with Crippen LogP contribution in [0, 0.1) is 5.82 Å². The molecule has 1 fully saturated rings. The van der Waals surface area contributed by atoms with Gasteiger partial charge in [0.2, 0.25) is 5.91 Å². The second-order valence-electron chi connectivity index (χ2n) is 10.2. The fraction of sp³-hybridized carbons (Fsp3) is 0.407. The number of para-hydroxylation sites is 2. The van der Waals surface area contributed by atoms with E-state index in [0.29, 0.717) is 17.9 Å². The molecule has 2 heterocycles. The summed E-state index contributed by atoms with van der Waals surface area (Å²) in [5.41, 5.74) is 2.01. The van der Waals surface area contributed by atoms with Crippen LogP contribution in [0.15, 0.2) is 54.7 Å². The first-order valence-electron chi connectivity index (χ1n) is 11.9. The number of rotatable bonds is 6. The Kier molecular flexibility index (Phi) is 7.20. The summed E-state index contributed by atoms with van der Waals surface area (Å²) in [6, 6.07) is 13.3. The maximum absolute atomic E-state index is 14.3. The summed E-state index contributed by atoms with van der Waals surface area (Å²) in [7, 11) is 0. The minimum atomic E-state index is -0.504. The highest BCUT2D eigenvalue weighted by Gasteiger charge is 2.40. The molecule has 0 spiro atoms. The van der Waals surface area contributed by atoms with Crippen LogP contribution >= 0.6 is 11.6 Å². The van der Waals surface area contributed by atoms with E-state index >= 15 is 0 Å². The summed E-state index contributed by atoms with van der Waals surface area (Å²) in [6.07, 6.45) is 2.43. The Hall–Kier alpha value is -2.90. The lowest BCUT2D eigenvalue weighted by Crippen LogP contribution is -2.36. The molecule has 2 aromatic carbocycles. The molecule has 1 aromatic heterocycles. The summed E-state index contributed by atoms with van der Waals surface area (Å²) in [5.74, 6) is -0.178. The topological polar surface area (TPSA) is 68.2 Å². The van der Waals surface area contributed by atoms with Crippen molar-refractivity contribution in [3.63, 3.8) is 0 Å². The molecule has 1 amide bonds. The molecule has 1 aliphatic rings. The highest BCUT2D eigenvalue weighted by atomic mass is 35.5. The minimum Gasteiger partial charge on any atom is -0.489 e. The molecule has 8 heteroatoms. The molecule has 0 saturated carbocycles. The molecule has 0 aliphatic carbocycles. The standard InChI is InChI=1S/C27H32ClFN4O2/c1-16(2)35-24-9-7-6-8-22(24)31-26(34)23-15-18(21-12-13-33(32-21)27(3,4)5)25(30-23)17-10-11-19(28)20(29)14-17/h6-14,16,18,23,25,30H,15H2,1-5H3,(H,31,34)/t18-,23-,25-/m0/s1. The van der Waals surface area contributed by atoms with Gasteiger partial charge in [0, 0.05) is 18.2 Å². The van der Waals surface area contributed by atoms with Gasteiger partial charge in [0.15, 0.2) is 0 Å². The Labute approximate surface area is 210 Å². The second kappa shape index (κ2) is 9.99. The van der Waals surface area contributed by atoms with Gasteiger partial charge in [-0.25, -0.2) is 4.39 Å². The van der Waals surface area contributed by atoms with Gasteiger partial charge in [-0.1, -0.05) is 29.8 Å². The van der Waals surface area contributed by atoms with E-state index in [0.717, 1.165) is 11.3 Å². The summed E-state index contributed by atoms with van der Waals surface area (Å²) >= 11 is 5.93. The number of anilines is 1. The molecule has 1 saturated heterocycles. The van der Waals surface area contributed by atoms with Crippen LogP contribution in [-0.2, 0) is 10.3 Å². The van der Waals surface area contributed by atoms with E-state index < -0.39 is 11.9 Å². The molecular formula is C27H32ClFN4O2. The summed E-state index contributed by atoms with van der Waals surface area (Å²) in [5, 5.41) is 11.3. The summed E-state index contributed by atoms with van der Waals surface area (Å²) in [4.78, 5) is 13.3. The summed E-state index contributed by atoms with van der Waals surface area (Å²) < 4.78 is 22.1. The van der Waals surface area contributed by atoms with E-state index in [1.54, 1.807) is 12.1 Å². The van der Waals surface area contributed by atoms with Crippen LogP contribution in [0.5, 0.6) is 5.75 Å². The first-order chi connectivity index (χ1) is 16.5. The molecule has 186 valence electrons. The Morgan fingerprint density at radius 2 is 1.97 bits per heavy atom. The lowest BCUT2D eigenvalue weighted by molar-refractivity contribution is -0.117. The molecule has 3 aromatic rings. The Balaban J connectivity index is 1.62. The normalized spacial score (nSPS) is 20.3. The zero-order chi connectivity index (χ0) is 25.3. The highest BCUT2D eigenvalue weighted by molar-refractivity contribution is 6.30. The van der Waals surface area contributed by atoms with Gasteiger partial charge >= 0.3 is 0 Å². The van der Waals surface area contributed by atoms with E-state index in [4.69, 9.17) is 21.4 Å². The van der Waals surface area contributed by atoms with Gasteiger partial charge in [-0.3, -0.25) is 14.8 Å². The van der Waals surface area contributed by atoms with Gasteiger partial charge < -0.3 is 10.1 Å². The molecule has 1 aliphatic heterocycles. The van der Waals surface area contributed by atoms with E-state index in [2.05, 4.69) is 31.4 Å². The maximum Gasteiger partial charge on any atom is 0.241 e. The quantitative estimate of drug-likeness (QED) is 0.434. The Morgan fingerprint density at radius 3 is 2.63 bits per heavy atom. The Bertz CT molecular complexity index is 1200. The van der Waals surface area contributed by atoms with Crippen LogP contribution in [0.1, 0.15) is 64.3 Å². The predicted molar refractivity (Wildman–Crippen MR) is 136 cm³/mol. The molecule has 4 rings (SSSR count). The van der Waals surface area contributed by atoms with Crippen molar-refractivity contribution >= 4 is 23.2 Å². The first-order valence-corrected chi connectivity index (χ1v) is 12.2. The number of ether oxygens (including phenoxy) is 1. The molecule has 6 nitrogen and oxygen atoms in total. The molecule has 35 heavy (non-hydrogen) atoms. The van der Waals surface area contributed by atoms with Crippen molar-refractivity contribution in [2.45, 2.75) is 70.7 Å². The SMILES string of the molecule is CC(C)Oc1ccccc1NC(=O)[C@@H]1C[C@@H](c2ccn(C(C)(C)C)n2)[C@H](c2ccc(Cl)c(F)c2)N1. The lowest BCUT2D eigenvalue weighted by atomic mass is 9.90. The van der Waals surface area contributed by atoms with Gasteiger partial charge in [0.25, 0.3) is 0 Å². The molecule has 0 radical (unpaired) electrons. The number of hydrogen-bond acceptors (Lipinski definition) is 4. The zero-order valence-corrected chi connectivity index (χ0v) is 21.4. The third-order valence-electron chi connectivity index (χ3n) is 6.08. The largest absolute Gasteiger partial charge is 0.489 e. The number of nitrogens with zero attached hydrogens (tertiary/aromatic N) is 2. The van der Waals surface area contributed by atoms with Crippen molar-refractivity contribution in [1.29, 1.82) is 0 Å². The number of nitrogens with one attached hydrogen (secondary N) is 2. The van der Waals surface area contributed by atoms with Crippen molar-refractivity contribution in [1.82, 2.24) is 15.1 Å². The van der Waals surface area contributed by atoms with Gasteiger partial charge in [0.05, 0.1) is 34.1 Å². The van der Waals surface area contributed by atoms with Crippen LogP contribution in [0.2, 0.25) is 5.02 Å². The van der Waals surface area contributed by atoms with Gasteiger partial charge in [-0.15, -0.1) is 0 Å². The van der Waals surface area contributed by atoms with Gasteiger partial charge in [0.1, 0.15) is 11.6 Å². The van der Waals surface area contributed by atoms with Crippen molar-refractivity contribution in [3.05, 3.63) is 76.8 Å². The van der Waals surface area contributed by atoms with Crippen LogP contribution in [0.3, 0.4) is 0 Å². The zero-order valence-electron chi connectivity index (χ0n) is 20.7. The number of aromatic nitrogens is 2. The van der Waals surface area contributed by atoms with E-state index in [-0.39, 0.29) is 34.5 Å². The van der Waals surface area contributed by atoms with Gasteiger partial charge in [-0.05, 0) is 76.9 Å². The molecule has 0 bridgehead atoms. The minimum absolute atomic E-state index is 0.0239. The smallest absolute Gasteiger partial charge is 0.241 e. The second-order valence-corrected chi connectivity index (χ2v) is 10.6. The van der Waals surface area contributed by atoms with Crippen molar-refractivity contribution in [2.75, 3.05) is 5.32 Å². The third kappa shape index (κ3) is 5.68. The summed E-state index contributed by atoms with van der Waals surface area (Å²) in [6.45, 7) is 10.1. The van der Waals surface area contributed by atoms with Crippen LogP contribution in [0.4, 0.5) is 10.1 Å². The number of carbonyl (C=O) groups excluding carboxylic acids is 1. The first kappa shape index (κ1) is 25.2. The Morgan fingerprint density at radius 1 is 1.23 bits per heavy atom. The number of amides is 1. The van der Waals surface area contributed by atoms with Crippen LogP contribution in [-0.4, -0.2) is 27.8 Å². The average Bonchev–Trinajstić information content (AvgIpc) is 3.44. The number of halogens is 2. The van der Waals surface area contributed by atoms with Crippen LogP contribution < -0.4 is 15.4 Å². The average molecular weight is 499 g/mol. The van der Waals surface area contributed by atoms with Crippen molar-refractivity contribution in [2.24, 2.45) is 0 Å². The van der Waals surface area contributed by atoms with Gasteiger partial charge in [-0.2, -0.15) is 5.10 Å². The third-order valence-corrected chi connectivity index (χ3v) is 6.38. The highest BCUT2D eigenvalue weighted by Crippen LogP contribution is 2.41. The monoisotopic (exact) mass is 498 g/mol. The fourth-order valence-corrected chi connectivity index (χ4v) is 4.47. The molecule has 2 N–H and O–H groups in total. The molecule has 3 atom stereocenters. The lowest BCUT2D eigenvalue weighted by Gasteiger charge is -2.21. The van der Waals surface area contributed by atoms with Crippen molar-refractivity contribution in [3.8, 4) is 5.75 Å². The van der Waals surface area contributed by atoms with Crippen molar-refractivity contribution < 1.29 is 13.9 Å². The fourth-order valence-electron chi connectivity index (χ4n) is 4.36. The van der Waals surface area contributed by atoms with E-state index in [1.807, 2.05) is 55.1 Å². The predicted octanol–water partition coefficient (Wildman–Crippen LogP) is 6.04. The van der Waals surface area contributed by atoms with E-state index in [1.165, 1.54) is 6.07 Å².